The molecule has 2 heterocycles. The lowest BCUT2D eigenvalue weighted by atomic mass is 10.1. The Morgan fingerprint density at radius 3 is 2.39 bits per heavy atom. The number of likely N-dealkylation sites (N-methyl/N-ethyl adjacent to an activating group) is 1. The Hall–Kier alpha value is -1.35. The van der Waals surface area contributed by atoms with Crippen LogP contribution < -0.4 is 4.74 Å². The predicted molar refractivity (Wildman–Crippen MR) is 110 cm³/mol. The summed E-state index contributed by atoms with van der Waals surface area (Å²) in [7, 11) is 0.903. The molecule has 0 aliphatic carbocycles. The molecule has 1 amide bonds. The molecule has 1 aromatic carbocycles. The highest BCUT2D eigenvalue weighted by atomic mass is 35.5. The van der Waals surface area contributed by atoms with Crippen LogP contribution in [0, 0.1) is 0 Å². The van der Waals surface area contributed by atoms with Gasteiger partial charge in [0.05, 0.1) is 11.3 Å². The van der Waals surface area contributed by atoms with Crippen LogP contribution in [0.15, 0.2) is 18.2 Å². The highest BCUT2D eigenvalue weighted by molar-refractivity contribution is 7.88. The van der Waals surface area contributed by atoms with Gasteiger partial charge in [-0.1, -0.05) is 11.6 Å². The summed E-state index contributed by atoms with van der Waals surface area (Å²) in [5.74, 6) is 0.517. The first-order chi connectivity index (χ1) is 13.1. The summed E-state index contributed by atoms with van der Waals surface area (Å²) < 4.78 is 30.6. The summed E-state index contributed by atoms with van der Waals surface area (Å²) in [6, 6.07) is 5.53. The van der Waals surface area contributed by atoms with Gasteiger partial charge in [-0.05, 0) is 51.6 Å². The second kappa shape index (κ2) is 8.57. The van der Waals surface area contributed by atoms with E-state index in [2.05, 4.69) is 4.90 Å². The number of hydrogen-bond donors (Lipinski definition) is 0. The average molecular weight is 430 g/mol. The third-order valence-electron chi connectivity index (χ3n) is 5.52. The third kappa shape index (κ3) is 4.97. The first-order valence-electron chi connectivity index (χ1n) is 9.52. The molecule has 9 heteroatoms. The van der Waals surface area contributed by atoms with E-state index in [4.69, 9.17) is 16.3 Å². The fraction of sp³-hybridized carbons (Fsp3) is 0.632. The maximum atomic E-state index is 12.7. The maximum absolute atomic E-state index is 12.7. The van der Waals surface area contributed by atoms with E-state index >= 15 is 0 Å². The number of piperidine rings is 1. The van der Waals surface area contributed by atoms with Gasteiger partial charge in [0.2, 0.25) is 10.0 Å². The van der Waals surface area contributed by atoms with Gasteiger partial charge in [-0.15, -0.1) is 0 Å². The number of halogens is 1. The van der Waals surface area contributed by atoms with Gasteiger partial charge >= 0.3 is 0 Å². The molecule has 28 heavy (non-hydrogen) atoms. The number of carbonyl (C=O) groups excluding carboxylic acids is 1. The van der Waals surface area contributed by atoms with Gasteiger partial charge in [0.15, 0.2) is 0 Å². The van der Waals surface area contributed by atoms with E-state index in [1.807, 2.05) is 19.0 Å². The number of ether oxygens (including phenoxy) is 1. The van der Waals surface area contributed by atoms with Gasteiger partial charge in [-0.25, -0.2) is 12.7 Å². The van der Waals surface area contributed by atoms with Crippen LogP contribution >= 0.6 is 11.6 Å². The molecule has 156 valence electrons. The first-order valence-corrected chi connectivity index (χ1v) is 11.7. The number of carbonyl (C=O) groups is 1. The summed E-state index contributed by atoms with van der Waals surface area (Å²) in [5.41, 5.74) is 0.559. The number of nitrogens with zero attached hydrogens (tertiary/aromatic N) is 3. The van der Waals surface area contributed by atoms with Crippen LogP contribution in [0.5, 0.6) is 5.75 Å². The number of hydrogen-bond acceptors (Lipinski definition) is 5. The van der Waals surface area contributed by atoms with Gasteiger partial charge < -0.3 is 14.5 Å². The molecule has 0 radical (unpaired) electrons. The summed E-state index contributed by atoms with van der Waals surface area (Å²) in [6.45, 7) is 2.36. The molecule has 2 saturated heterocycles. The molecular weight excluding hydrogens is 402 g/mol. The predicted octanol–water partition coefficient (Wildman–Crippen LogP) is 1.92. The van der Waals surface area contributed by atoms with Crippen molar-refractivity contribution < 1.29 is 17.9 Å². The number of sulfonamides is 1. The Labute approximate surface area is 172 Å². The molecule has 1 atom stereocenters. The van der Waals surface area contributed by atoms with Crippen LogP contribution in [-0.4, -0.2) is 87.1 Å². The molecule has 2 fully saturated rings. The highest BCUT2D eigenvalue weighted by Gasteiger charge is 2.29. The van der Waals surface area contributed by atoms with Crippen LogP contribution in [-0.2, 0) is 10.0 Å². The molecule has 0 saturated carbocycles. The smallest absolute Gasteiger partial charge is 0.253 e. The highest BCUT2D eigenvalue weighted by Crippen LogP contribution is 2.29. The second-order valence-corrected chi connectivity index (χ2v) is 10.2. The minimum atomic E-state index is -3.16. The lowest BCUT2D eigenvalue weighted by molar-refractivity contribution is 0.0783. The van der Waals surface area contributed by atoms with Gasteiger partial charge in [-0.2, -0.15) is 0 Å². The van der Waals surface area contributed by atoms with E-state index in [1.54, 1.807) is 18.2 Å². The van der Waals surface area contributed by atoms with Gasteiger partial charge in [0, 0.05) is 37.8 Å². The molecule has 0 bridgehead atoms. The summed E-state index contributed by atoms with van der Waals surface area (Å²) in [4.78, 5) is 16.7. The molecular formula is C19H28ClN3O4S. The number of amides is 1. The molecule has 1 unspecified atom stereocenters. The lowest BCUT2D eigenvalue weighted by Crippen LogP contribution is -2.41. The van der Waals surface area contributed by atoms with Crippen LogP contribution in [0.4, 0.5) is 0 Å². The summed E-state index contributed by atoms with van der Waals surface area (Å²) in [6.07, 6.45) is 3.34. The minimum Gasteiger partial charge on any atom is -0.489 e. The van der Waals surface area contributed by atoms with Crippen molar-refractivity contribution in [3.05, 3.63) is 28.8 Å². The molecule has 2 aliphatic heterocycles. The number of benzene rings is 1. The van der Waals surface area contributed by atoms with Crippen LogP contribution in [0.25, 0.3) is 0 Å². The van der Waals surface area contributed by atoms with Crippen molar-refractivity contribution in [3.8, 4) is 5.75 Å². The standard InChI is InChI=1S/C19H28ClN3O4S/c1-21(2)15-6-9-22(13-15)19(24)14-4-5-18(17(20)12-14)27-16-7-10-23(11-8-16)28(3,25)26/h4-5,12,15-16H,6-11,13H2,1-3H3. The Bertz CT molecular complexity index is 822. The number of rotatable bonds is 5. The Morgan fingerprint density at radius 2 is 1.86 bits per heavy atom. The Morgan fingerprint density at radius 1 is 1.18 bits per heavy atom. The summed E-state index contributed by atoms with van der Waals surface area (Å²) in [5, 5.41) is 0.403. The zero-order valence-corrected chi connectivity index (χ0v) is 18.2. The van der Waals surface area contributed by atoms with E-state index in [1.165, 1.54) is 10.6 Å². The van der Waals surface area contributed by atoms with Crippen molar-refractivity contribution in [1.82, 2.24) is 14.1 Å². The molecule has 0 N–H and O–H groups in total. The van der Waals surface area contributed by atoms with E-state index in [9.17, 15) is 13.2 Å². The zero-order chi connectivity index (χ0) is 20.5. The van der Waals surface area contributed by atoms with Gasteiger partial charge in [-0.3, -0.25) is 4.79 Å². The fourth-order valence-corrected chi connectivity index (χ4v) is 4.82. The molecule has 2 aliphatic rings. The van der Waals surface area contributed by atoms with Crippen molar-refractivity contribution in [3.63, 3.8) is 0 Å². The fourth-order valence-electron chi connectivity index (χ4n) is 3.72. The monoisotopic (exact) mass is 429 g/mol. The zero-order valence-electron chi connectivity index (χ0n) is 16.6. The first kappa shape index (κ1) is 21.4. The molecule has 1 aromatic rings. The van der Waals surface area contributed by atoms with Crippen molar-refractivity contribution >= 4 is 27.5 Å². The van der Waals surface area contributed by atoms with Gasteiger partial charge in [0.25, 0.3) is 5.91 Å². The average Bonchev–Trinajstić information content (AvgIpc) is 3.13. The molecule has 7 nitrogen and oxygen atoms in total. The van der Waals surface area contributed by atoms with Gasteiger partial charge in [0.1, 0.15) is 11.9 Å². The van der Waals surface area contributed by atoms with Crippen molar-refractivity contribution in [2.24, 2.45) is 0 Å². The normalized spacial score (nSPS) is 22.0. The topological polar surface area (TPSA) is 70.2 Å². The molecule has 0 spiro atoms. The third-order valence-corrected chi connectivity index (χ3v) is 7.12. The van der Waals surface area contributed by atoms with Crippen molar-refractivity contribution in [1.29, 1.82) is 0 Å². The Balaban J connectivity index is 1.60. The number of likely N-dealkylation sites (tertiary alicyclic amines) is 1. The molecule has 3 rings (SSSR count). The van der Waals surface area contributed by atoms with Crippen LogP contribution in [0.3, 0.4) is 0 Å². The van der Waals surface area contributed by atoms with Crippen LogP contribution in [0.2, 0.25) is 5.02 Å². The van der Waals surface area contributed by atoms with E-state index in [0.717, 1.165) is 19.5 Å². The SMILES string of the molecule is CN(C)C1CCN(C(=O)c2ccc(OC3CCN(S(C)(=O)=O)CC3)c(Cl)c2)C1. The molecule has 0 aromatic heterocycles. The van der Waals surface area contributed by atoms with Crippen LogP contribution in [0.1, 0.15) is 29.6 Å². The van der Waals surface area contributed by atoms with Crippen molar-refractivity contribution in [2.75, 3.05) is 46.5 Å². The largest absolute Gasteiger partial charge is 0.489 e. The minimum absolute atomic E-state index is 0.0146. The maximum Gasteiger partial charge on any atom is 0.253 e. The summed E-state index contributed by atoms with van der Waals surface area (Å²) >= 11 is 6.37. The Kier molecular flexibility index (Phi) is 6.54. The van der Waals surface area contributed by atoms with E-state index < -0.39 is 10.0 Å². The quantitative estimate of drug-likeness (QED) is 0.715. The van der Waals surface area contributed by atoms with E-state index in [-0.39, 0.29) is 12.0 Å². The second-order valence-electron chi connectivity index (χ2n) is 7.78. The van der Waals surface area contributed by atoms with E-state index in [0.29, 0.717) is 48.3 Å². The lowest BCUT2D eigenvalue weighted by Gasteiger charge is -2.30. The van der Waals surface area contributed by atoms with Crippen molar-refractivity contribution in [2.45, 2.75) is 31.4 Å².